The van der Waals surface area contributed by atoms with Gasteiger partial charge in [0.1, 0.15) is 5.22 Å². The molecule has 0 atom stereocenters. The van der Waals surface area contributed by atoms with E-state index in [1.165, 1.54) is 5.39 Å². The van der Waals surface area contributed by atoms with Gasteiger partial charge in [-0.3, -0.25) is 4.98 Å². The fourth-order valence-electron chi connectivity index (χ4n) is 3.40. The topological polar surface area (TPSA) is 40.6 Å². The standard InChI is InChI=1S/C23H17N4/c1-2-8-18(9-3-1)22-16-27(26-25-22)20-11-6-10-19(15-20)23-21-12-5-4-7-17(21)13-14-24-23/h1-15H,16H2/q+1. The molecule has 4 nitrogen and oxygen atoms in total. The Morgan fingerprint density at radius 2 is 1.56 bits per heavy atom. The zero-order valence-electron chi connectivity index (χ0n) is 14.7. The number of pyridine rings is 1. The Balaban J connectivity index is 1.49. The van der Waals surface area contributed by atoms with Crippen LogP contribution in [0.15, 0.2) is 101 Å². The van der Waals surface area contributed by atoms with Gasteiger partial charge in [0.05, 0.1) is 10.8 Å². The molecule has 0 saturated carbocycles. The number of aromatic nitrogens is 1. The van der Waals surface area contributed by atoms with Gasteiger partial charge in [-0.05, 0) is 23.6 Å². The van der Waals surface area contributed by atoms with E-state index in [-0.39, 0.29) is 0 Å². The van der Waals surface area contributed by atoms with Crippen LogP contribution in [0.1, 0.15) is 5.56 Å². The van der Waals surface area contributed by atoms with Crippen LogP contribution in [0.2, 0.25) is 0 Å². The smallest absolute Gasteiger partial charge is 0.231 e. The Morgan fingerprint density at radius 3 is 2.48 bits per heavy atom. The fraction of sp³-hybridized carbons (Fsp3) is 0.0435. The van der Waals surface area contributed by atoms with Crippen molar-refractivity contribution >= 4 is 22.2 Å². The first kappa shape index (κ1) is 15.6. The van der Waals surface area contributed by atoms with Crippen LogP contribution in [0, 0.1) is 0 Å². The average Bonchev–Trinajstić information content (AvgIpc) is 3.24. The van der Waals surface area contributed by atoms with E-state index in [1.54, 1.807) is 0 Å². The molecule has 0 radical (unpaired) electrons. The third kappa shape index (κ3) is 2.91. The highest BCUT2D eigenvalue weighted by Gasteiger charge is 2.23. The van der Waals surface area contributed by atoms with E-state index in [2.05, 4.69) is 57.8 Å². The van der Waals surface area contributed by atoms with Gasteiger partial charge in [0.2, 0.25) is 5.71 Å². The monoisotopic (exact) mass is 349 g/mol. The van der Waals surface area contributed by atoms with Crippen molar-refractivity contribution in [2.75, 3.05) is 6.54 Å². The van der Waals surface area contributed by atoms with E-state index in [1.807, 2.05) is 53.4 Å². The molecule has 1 aliphatic heterocycles. The van der Waals surface area contributed by atoms with Crippen molar-refractivity contribution in [1.82, 2.24) is 4.98 Å². The lowest BCUT2D eigenvalue weighted by Gasteiger charge is -2.07. The van der Waals surface area contributed by atoms with Crippen molar-refractivity contribution in [2.24, 2.45) is 10.3 Å². The second-order valence-corrected chi connectivity index (χ2v) is 6.49. The number of fused-ring (bicyclic) bond motifs is 1. The van der Waals surface area contributed by atoms with Gasteiger partial charge in [0, 0.05) is 22.7 Å². The minimum Gasteiger partial charge on any atom is -0.256 e. The van der Waals surface area contributed by atoms with Crippen molar-refractivity contribution in [1.29, 1.82) is 0 Å². The van der Waals surface area contributed by atoms with Crippen LogP contribution in [-0.4, -0.2) is 21.9 Å². The number of hydrogen-bond acceptors (Lipinski definition) is 3. The highest BCUT2D eigenvalue weighted by atomic mass is 15.5. The van der Waals surface area contributed by atoms with Gasteiger partial charge in [-0.2, -0.15) is 0 Å². The summed E-state index contributed by atoms with van der Waals surface area (Å²) in [5.41, 5.74) is 5.16. The summed E-state index contributed by atoms with van der Waals surface area (Å²) < 4.78 is 1.93. The molecule has 2 heterocycles. The van der Waals surface area contributed by atoms with E-state index < -0.39 is 0 Å². The largest absolute Gasteiger partial charge is 0.256 e. The molecule has 0 bridgehead atoms. The molecule has 0 amide bonds. The molecule has 5 rings (SSSR count). The molecule has 4 heteroatoms. The van der Waals surface area contributed by atoms with E-state index in [0.29, 0.717) is 6.54 Å². The molecule has 128 valence electrons. The van der Waals surface area contributed by atoms with E-state index in [0.717, 1.165) is 33.6 Å². The first-order chi connectivity index (χ1) is 13.4. The normalized spacial score (nSPS) is 13.5. The maximum Gasteiger partial charge on any atom is 0.231 e. The molecular formula is C23H17N4+. The third-order valence-electron chi connectivity index (χ3n) is 4.77. The molecule has 0 saturated heterocycles. The fourth-order valence-corrected chi connectivity index (χ4v) is 3.40. The summed E-state index contributed by atoms with van der Waals surface area (Å²) in [5, 5.41) is 11.1. The van der Waals surface area contributed by atoms with Gasteiger partial charge >= 0.3 is 0 Å². The van der Waals surface area contributed by atoms with Gasteiger partial charge in [-0.25, -0.2) is 0 Å². The molecule has 0 unspecified atom stereocenters. The lowest BCUT2D eigenvalue weighted by Crippen LogP contribution is -2.11. The second-order valence-electron chi connectivity index (χ2n) is 6.49. The van der Waals surface area contributed by atoms with Crippen LogP contribution in [0.25, 0.3) is 22.0 Å². The lowest BCUT2D eigenvalue weighted by molar-refractivity contribution is -0.492. The number of nitrogens with zero attached hydrogens (tertiary/aromatic N) is 4. The van der Waals surface area contributed by atoms with Gasteiger partial charge in [0.15, 0.2) is 12.2 Å². The SMILES string of the molecule is c1ccc(C2=NN=[N+](c3cccc(-c4nccc5ccccc45)c3)C2)cc1. The van der Waals surface area contributed by atoms with Crippen LogP contribution in [0.5, 0.6) is 0 Å². The Morgan fingerprint density at radius 1 is 0.741 bits per heavy atom. The maximum absolute atomic E-state index is 4.63. The molecule has 1 aliphatic rings. The molecule has 0 spiro atoms. The van der Waals surface area contributed by atoms with Crippen LogP contribution in [-0.2, 0) is 0 Å². The average molecular weight is 349 g/mol. The van der Waals surface area contributed by atoms with Gasteiger partial charge in [-0.1, -0.05) is 66.7 Å². The van der Waals surface area contributed by atoms with Gasteiger partial charge < -0.3 is 0 Å². The highest BCUT2D eigenvalue weighted by molar-refractivity contribution is 6.01. The third-order valence-corrected chi connectivity index (χ3v) is 4.77. The van der Waals surface area contributed by atoms with E-state index >= 15 is 0 Å². The summed E-state index contributed by atoms with van der Waals surface area (Å²) in [6.07, 6.45) is 1.86. The number of rotatable bonds is 3. The maximum atomic E-state index is 4.63. The minimum absolute atomic E-state index is 0.663. The first-order valence-electron chi connectivity index (χ1n) is 8.93. The molecule has 0 aliphatic carbocycles. The molecule has 0 fully saturated rings. The minimum atomic E-state index is 0.663. The molecule has 1 aromatic heterocycles. The Bertz CT molecular complexity index is 1190. The van der Waals surface area contributed by atoms with E-state index in [9.17, 15) is 0 Å². The van der Waals surface area contributed by atoms with Gasteiger partial charge in [-0.15, -0.1) is 4.70 Å². The number of benzene rings is 3. The zero-order valence-corrected chi connectivity index (χ0v) is 14.7. The summed E-state index contributed by atoms with van der Waals surface area (Å²) in [5.74, 6) is 0. The van der Waals surface area contributed by atoms with Crippen LogP contribution in [0.4, 0.5) is 5.69 Å². The molecule has 3 aromatic carbocycles. The quantitative estimate of drug-likeness (QED) is 0.456. The lowest BCUT2D eigenvalue weighted by atomic mass is 10.0. The molecular weight excluding hydrogens is 332 g/mol. The van der Waals surface area contributed by atoms with E-state index in [4.69, 9.17) is 0 Å². The summed E-state index contributed by atoms with van der Waals surface area (Å²) >= 11 is 0. The molecule has 27 heavy (non-hydrogen) atoms. The summed E-state index contributed by atoms with van der Waals surface area (Å²) in [4.78, 5) is 4.63. The summed E-state index contributed by atoms with van der Waals surface area (Å²) in [6, 6.07) is 28.9. The second kappa shape index (κ2) is 6.57. The number of hydrogen-bond donors (Lipinski definition) is 0. The van der Waals surface area contributed by atoms with Crippen molar-refractivity contribution in [2.45, 2.75) is 0 Å². The zero-order chi connectivity index (χ0) is 18.1. The Hall–Kier alpha value is -3.66. The first-order valence-corrected chi connectivity index (χ1v) is 8.93. The van der Waals surface area contributed by atoms with Crippen molar-refractivity contribution in [3.8, 4) is 11.3 Å². The predicted octanol–water partition coefficient (Wildman–Crippen LogP) is 5.42. The van der Waals surface area contributed by atoms with Crippen LogP contribution in [0.3, 0.4) is 0 Å². The van der Waals surface area contributed by atoms with Gasteiger partial charge in [0.25, 0.3) is 0 Å². The molecule has 4 aromatic rings. The predicted molar refractivity (Wildman–Crippen MR) is 107 cm³/mol. The van der Waals surface area contributed by atoms with Crippen molar-refractivity contribution in [3.63, 3.8) is 0 Å². The Kier molecular flexibility index (Phi) is 3.79. The Labute approximate surface area is 157 Å². The summed E-state index contributed by atoms with van der Waals surface area (Å²) in [7, 11) is 0. The molecule has 0 N–H and O–H groups in total. The van der Waals surface area contributed by atoms with Crippen LogP contribution < -0.4 is 0 Å². The highest BCUT2D eigenvalue weighted by Crippen LogP contribution is 2.29. The van der Waals surface area contributed by atoms with Crippen LogP contribution >= 0.6 is 0 Å². The van der Waals surface area contributed by atoms with Crippen molar-refractivity contribution in [3.05, 3.63) is 96.7 Å². The van der Waals surface area contributed by atoms with Crippen molar-refractivity contribution < 1.29 is 4.70 Å². The summed E-state index contributed by atoms with van der Waals surface area (Å²) in [6.45, 7) is 0.663.